The third-order valence-corrected chi connectivity index (χ3v) is 5.95. The zero-order valence-electron chi connectivity index (χ0n) is 14.4. The minimum Gasteiger partial charge on any atom is -0.392 e. The Labute approximate surface area is 151 Å². The smallest absolute Gasteiger partial charge is 0.185 e. The van der Waals surface area contributed by atoms with Crippen molar-refractivity contribution >= 4 is 27.2 Å². The zero-order valence-corrected chi connectivity index (χ0v) is 15.2. The number of aliphatic hydroxyl groups is 1. The molecule has 5 heteroatoms. The summed E-state index contributed by atoms with van der Waals surface area (Å²) in [6.07, 6.45) is 2.01. The summed E-state index contributed by atoms with van der Waals surface area (Å²) in [4.78, 5) is 7.20. The van der Waals surface area contributed by atoms with Crippen molar-refractivity contribution in [2.45, 2.75) is 31.9 Å². The summed E-state index contributed by atoms with van der Waals surface area (Å²) in [7, 11) is 0. The van der Waals surface area contributed by atoms with Gasteiger partial charge < -0.3 is 15.7 Å². The van der Waals surface area contributed by atoms with E-state index in [9.17, 15) is 5.11 Å². The summed E-state index contributed by atoms with van der Waals surface area (Å²) >= 11 is 1.70. The number of benzene rings is 2. The molecule has 1 fully saturated rings. The molecule has 0 amide bonds. The average molecular weight is 353 g/mol. The van der Waals surface area contributed by atoms with Crippen molar-refractivity contribution in [2.24, 2.45) is 5.73 Å². The van der Waals surface area contributed by atoms with E-state index in [4.69, 9.17) is 10.7 Å². The molecule has 0 spiro atoms. The van der Waals surface area contributed by atoms with Gasteiger partial charge in [-0.05, 0) is 48.2 Å². The number of nitrogens with zero attached hydrogens (tertiary/aromatic N) is 2. The normalized spacial score (nSPS) is 17.2. The molecule has 0 saturated carbocycles. The molecule has 0 radical (unpaired) electrons. The van der Waals surface area contributed by atoms with Crippen LogP contribution in [0.25, 0.3) is 22.0 Å². The number of anilines is 1. The van der Waals surface area contributed by atoms with Gasteiger partial charge in [0.15, 0.2) is 5.13 Å². The minimum absolute atomic E-state index is 0.0393. The van der Waals surface area contributed by atoms with E-state index in [1.807, 2.05) is 12.1 Å². The number of aliphatic hydroxyl groups excluding tert-OH is 1. The minimum atomic E-state index is -0.0393. The lowest BCUT2D eigenvalue weighted by atomic mass is 9.91. The molecule has 130 valence electrons. The molecule has 0 aliphatic carbocycles. The Morgan fingerprint density at radius 3 is 2.64 bits per heavy atom. The Balaban J connectivity index is 1.58. The van der Waals surface area contributed by atoms with Crippen LogP contribution >= 0.6 is 11.3 Å². The number of nitrogens with two attached hydrogens (primary N) is 1. The highest BCUT2D eigenvalue weighted by atomic mass is 32.1. The van der Waals surface area contributed by atoms with Crippen molar-refractivity contribution in [1.29, 1.82) is 0 Å². The summed E-state index contributed by atoms with van der Waals surface area (Å²) in [6.45, 7) is 4.16. The topological polar surface area (TPSA) is 62.4 Å². The van der Waals surface area contributed by atoms with Gasteiger partial charge in [-0.1, -0.05) is 24.3 Å². The maximum absolute atomic E-state index is 9.27. The molecule has 4 rings (SSSR count). The molecule has 1 aromatic heterocycles. The van der Waals surface area contributed by atoms with Crippen LogP contribution < -0.4 is 10.6 Å². The first-order chi connectivity index (χ1) is 12.0. The molecule has 0 atom stereocenters. The summed E-state index contributed by atoms with van der Waals surface area (Å²) in [6, 6.07) is 12.4. The second-order valence-corrected chi connectivity index (χ2v) is 8.05. The fourth-order valence-corrected chi connectivity index (χ4v) is 4.19. The number of rotatable bonds is 3. The first kappa shape index (κ1) is 16.5. The van der Waals surface area contributed by atoms with Crippen LogP contribution in [0, 0.1) is 0 Å². The second-order valence-electron chi connectivity index (χ2n) is 7.21. The van der Waals surface area contributed by atoms with Crippen molar-refractivity contribution in [3.63, 3.8) is 0 Å². The molecular weight excluding hydrogens is 330 g/mol. The first-order valence-electron chi connectivity index (χ1n) is 8.67. The van der Waals surface area contributed by atoms with Crippen molar-refractivity contribution in [3.05, 3.63) is 47.3 Å². The van der Waals surface area contributed by atoms with E-state index in [0.717, 1.165) is 53.3 Å². The Bertz CT molecular complexity index is 893. The number of hydrogen-bond donors (Lipinski definition) is 2. The van der Waals surface area contributed by atoms with Gasteiger partial charge in [0.25, 0.3) is 0 Å². The molecule has 0 unspecified atom stereocenters. The fraction of sp³-hybridized carbons (Fsp3) is 0.350. The van der Waals surface area contributed by atoms with Gasteiger partial charge in [0.05, 0.1) is 12.3 Å². The van der Waals surface area contributed by atoms with Crippen molar-refractivity contribution in [3.8, 4) is 11.3 Å². The van der Waals surface area contributed by atoms with Crippen LogP contribution in [0.3, 0.4) is 0 Å². The molecule has 3 aromatic rings. The summed E-state index contributed by atoms with van der Waals surface area (Å²) in [5, 5.41) is 14.8. The molecular formula is C20H23N3OS. The van der Waals surface area contributed by atoms with Crippen molar-refractivity contribution in [1.82, 2.24) is 4.98 Å². The lowest BCUT2D eigenvalue weighted by molar-refractivity contribution is 0.282. The number of piperidine rings is 1. The predicted molar refractivity (Wildman–Crippen MR) is 105 cm³/mol. The largest absolute Gasteiger partial charge is 0.392 e. The molecule has 0 bridgehead atoms. The highest BCUT2D eigenvalue weighted by molar-refractivity contribution is 7.14. The van der Waals surface area contributed by atoms with Gasteiger partial charge in [0.1, 0.15) is 0 Å². The van der Waals surface area contributed by atoms with Gasteiger partial charge in [0, 0.05) is 29.6 Å². The van der Waals surface area contributed by atoms with Gasteiger partial charge in [0.2, 0.25) is 0 Å². The molecule has 2 aromatic carbocycles. The first-order valence-corrected chi connectivity index (χ1v) is 9.55. The Kier molecular flexibility index (Phi) is 4.23. The SMILES string of the molecule is CC1(N)CCN(c2nc(-c3ccc4cc(CO)ccc4c3)cs2)CC1. The quantitative estimate of drug-likeness (QED) is 0.752. The van der Waals surface area contributed by atoms with Gasteiger partial charge in [-0.15, -0.1) is 11.3 Å². The third-order valence-electron chi connectivity index (χ3n) is 5.05. The summed E-state index contributed by atoms with van der Waals surface area (Å²) < 4.78 is 0. The van der Waals surface area contributed by atoms with Gasteiger partial charge >= 0.3 is 0 Å². The average Bonchev–Trinajstić information content (AvgIpc) is 3.11. The third kappa shape index (κ3) is 3.40. The maximum atomic E-state index is 9.27. The van der Waals surface area contributed by atoms with E-state index >= 15 is 0 Å². The maximum Gasteiger partial charge on any atom is 0.185 e. The van der Waals surface area contributed by atoms with Crippen molar-refractivity contribution in [2.75, 3.05) is 18.0 Å². The van der Waals surface area contributed by atoms with E-state index in [0.29, 0.717) is 0 Å². The molecule has 2 heterocycles. The van der Waals surface area contributed by atoms with Crippen LogP contribution in [-0.4, -0.2) is 28.7 Å². The Hall–Kier alpha value is -1.95. The summed E-state index contributed by atoms with van der Waals surface area (Å²) in [5.74, 6) is 0. The number of hydrogen-bond acceptors (Lipinski definition) is 5. The lowest BCUT2D eigenvalue weighted by Gasteiger charge is -2.36. The highest BCUT2D eigenvalue weighted by Crippen LogP contribution is 2.32. The van der Waals surface area contributed by atoms with Crippen LogP contribution in [0.15, 0.2) is 41.8 Å². The van der Waals surface area contributed by atoms with Crippen LogP contribution in [0.4, 0.5) is 5.13 Å². The fourth-order valence-electron chi connectivity index (χ4n) is 3.30. The van der Waals surface area contributed by atoms with Gasteiger partial charge in [-0.2, -0.15) is 0 Å². The van der Waals surface area contributed by atoms with Crippen LogP contribution in [0.5, 0.6) is 0 Å². The predicted octanol–water partition coefficient (Wildman–Crippen LogP) is 3.77. The Morgan fingerprint density at radius 2 is 1.88 bits per heavy atom. The van der Waals surface area contributed by atoms with E-state index in [-0.39, 0.29) is 12.1 Å². The number of fused-ring (bicyclic) bond motifs is 1. The number of aromatic nitrogens is 1. The van der Waals surface area contributed by atoms with E-state index in [1.165, 1.54) is 5.39 Å². The molecule has 25 heavy (non-hydrogen) atoms. The van der Waals surface area contributed by atoms with Gasteiger partial charge in [-0.25, -0.2) is 4.98 Å². The molecule has 1 aliphatic heterocycles. The monoisotopic (exact) mass is 353 g/mol. The molecule has 3 N–H and O–H groups in total. The van der Waals surface area contributed by atoms with Crippen molar-refractivity contribution < 1.29 is 5.11 Å². The van der Waals surface area contributed by atoms with Crippen LogP contribution in [-0.2, 0) is 6.61 Å². The standard InChI is InChI=1S/C20H23N3OS/c1-20(21)6-8-23(9-7-20)19-22-18(13-25-19)17-5-4-15-10-14(12-24)2-3-16(15)11-17/h2-5,10-11,13,24H,6-9,12,21H2,1H3. The lowest BCUT2D eigenvalue weighted by Crippen LogP contribution is -2.48. The van der Waals surface area contributed by atoms with Crippen LogP contribution in [0.2, 0.25) is 0 Å². The zero-order chi connectivity index (χ0) is 17.4. The summed E-state index contributed by atoms with van der Waals surface area (Å²) in [5.41, 5.74) is 9.28. The highest BCUT2D eigenvalue weighted by Gasteiger charge is 2.27. The Morgan fingerprint density at radius 1 is 1.16 bits per heavy atom. The van der Waals surface area contributed by atoms with E-state index in [2.05, 4.69) is 41.5 Å². The van der Waals surface area contributed by atoms with Gasteiger partial charge in [-0.3, -0.25) is 0 Å². The molecule has 4 nitrogen and oxygen atoms in total. The van der Waals surface area contributed by atoms with E-state index < -0.39 is 0 Å². The van der Waals surface area contributed by atoms with Crippen LogP contribution in [0.1, 0.15) is 25.3 Å². The molecule has 1 aliphatic rings. The second kappa shape index (κ2) is 6.41. The molecule has 1 saturated heterocycles. The number of thiazole rings is 1. The van der Waals surface area contributed by atoms with E-state index in [1.54, 1.807) is 11.3 Å².